The number of morpholine rings is 1. The molecule has 1 aliphatic rings. The number of hydrogen-bond donors (Lipinski definition) is 6. The number of amides is 5. The monoisotopic (exact) mass is 737 g/mol. The smallest absolute Gasteiger partial charge is 0.333 e. The SMILES string of the molecule is CC[C@@](C)(OC(=O)COCC(=O)NCc1c[nH]nn1)C(=O)[C@H](CC(C)C)NC(=O)CNC(=O)[C@H](CC(C)C)NC(=O)CNC(=O)CN1CCOCC1. The lowest BCUT2D eigenvalue weighted by molar-refractivity contribution is -0.171. The molecule has 0 aromatic carbocycles. The largest absolute Gasteiger partial charge is 0.450 e. The van der Waals surface area contributed by atoms with Gasteiger partial charge >= 0.3 is 5.97 Å². The van der Waals surface area contributed by atoms with Gasteiger partial charge in [-0.1, -0.05) is 39.8 Å². The number of Topliss-reactive ketones (excluding diaryl/α,β-unsaturated/α-hetero) is 1. The molecule has 19 heteroatoms. The second-order valence-corrected chi connectivity index (χ2v) is 13.5. The number of esters is 1. The number of nitrogens with one attached hydrogen (secondary N) is 6. The lowest BCUT2D eigenvalue weighted by Gasteiger charge is -2.32. The first-order chi connectivity index (χ1) is 24.6. The maximum absolute atomic E-state index is 13.7. The van der Waals surface area contributed by atoms with Crippen molar-refractivity contribution in [3.63, 3.8) is 0 Å². The van der Waals surface area contributed by atoms with Crippen molar-refractivity contribution in [2.75, 3.05) is 59.2 Å². The van der Waals surface area contributed by atoms with Crippen molar-refractivity contribution in [2.24, 2.45) is 11.8 Å². The van der Waals surface area contributed by atoms with Crippen molar-refractivity contribution in [3.8, 4) is 0 Å². The Morgan fingerprint density at radius 3 is 2.08 bits per heavy atom. The number of hydrogen-bond acceptors (Lipinski definition) is 13. The molecule has 19 nitrogen and oxygen atoms in total. The molecule has 1 aromatic heterocycles. The van der Waals surface area contributed by atoms with Gasteiger partial charge in [0.1, 0.15) is 24.9 Å². The van der Waals surface area contributed by atoms with E-state index in [0.717, 1.165) is 0 Å². The number of aromatic nitrogens is 3. The molecule has 2 heterocycles. The molecule has 1 aliphatic heterocycles. The number of carbonyl (C=O) groups excluding carboxylic acids is 7. The van der Waals surface area contributed by atoms with Crippen molar-refractivity contribution >= 4 is 41.3 Å². The van der Waals surface area contributed by atoms with Crippen molar-refractivity contribution in [1.82, 2.24) is 46.9 Å². The predicted molar refractivity (Wildman–Crippen MR) is 185 cm³/mol. The lowest BCUT2D eigenvalue weighted by atomic mass is 9.88. The summed E-state index contributed by atoms with van der Waals surface area (Å²) in [4.78, 5) is 91.2. The Morgan fingerprint density at radius 2 is 1.48 bits per heavy atom. The van der Waals surface area contributed by atoms with E-state index in [4.69, 9.17) is 14.2 Å². The minimum absolute atomic E-state index is 0.0102. The fourth-order valence-corrected chi connectivity index (χ4v) is 5.11. The van der Waals surface area contributed by atoms with E-state index in [1.165, 1.54) is 13.1 Å². The van der Waals surface area contributed by atoms with Gasteiger partial charge in [0.05, 0.1) is 45.4 Å². The summed E-state index contributed by atoms with van der Waals surface area (Å²) < 4.78 is 15.9. The van der Waals surface area contributed by atoms with E-state index < -0.39 is 72.8 Å². The van der Waals surface area contributed by atoms with Gasteiger partial charge in [0.2, 0.25) is 29.5 Å². The van der Waals surface area contributed by atoms with Crippen molar-refractivity contribution in [1.29, 1.82) is 0 Å². The number of ether oxygens (including phenoxy) is 3. The fourth-order valence-electron chi connectivity index (χ4n) is 5.11. The van der Waals surface area contributed by atoms with Crippen LogP contribution in [0.4, 0.5) is 0 Å². The zero-order valence-electron chi connectivity index (χ0n) is 31.0. The highest BCUT2D eigenvalue weighted by atomic mass is 16.6. The molecule has 1 aromatic rings. The summed E-state index contributed by atoms with van der Waals surface area (Å²) in [6, 6.07) is -2.04. The number of H-pyrrole nitrogens is 1. The molecule has 52 heavy (non-hydrogen) atoms. The minimum atomic E-state index is -1.63. The van der Waals surface area contributed by atoms with Crippen molar-refractivity contribution in [3.05, 3.63) is 11.9 Å². The Morgan fingerprint density at radius 1 is 0.865 bits per heavy atom. The van der Waals surface area contributed by atoms with E-state index in [1.807, 2.05) is 32.6 Å². The summed E-state index contributed by atoms with van der Waals surface area (Å²) in [6.07, 6.45) is 2.09. The van der Waals surface area contributed by atoms with Crippen LogP contribution in [0.3, 0.4) is 0 Å². The molecule has 0 unspecified atom stereocenters. The van der Waals surface area contributed by atoms with Gasteiger partial charge in [0.25, 0.3) is 0 Å². The highest BCUT2D eigenvalue weighted by Gasteiger charge is 2.41. The molecule has 0 radical (unpaired) electrons. The lowest BCUT2D eigenvalue weighted by Crippen LogP contribution is -2.55. The molecule has 1 fully saturated rings. The molecule has 0 bridgehead atoms. The summed E-state index contributed by atoms with van der Waals surface area (Å²) in [5.41, 5.74) is -1.12. The third-order valence-electron chi connectivity index (χ3n) is 7.98. The maximum Gasteiger partial charge on any atom is 0.333 e. The van der Waals surface area contributed by atoms with Gasteiger partial charge in [-0.25, -0.2) is 4.79 Å². The topological polar surface area (TPSA) is 252 Å². The third kappa shape index (κ3) is 16.7. The van der Waals surface area contributed by atoms with Gasteiger partial charge in [-0.05, 0) is 38.0 Å². The van der Waals surface area contributed by atoms with Crippen LogP contribution in [-0.4, -0.2) is 138 Å². The summed E-state index contributed by atoms with van der Waals surface area (Å²) in [6.45, 7) is 11.2. The van der Waals surface area contributed by atoms with Crippen molar-refractivity contribution < 1.29 is 47.8 Å². The Bertz CT molecular complexity index is 1340. The molecule has 0 saturated carbocycles. The molecule has 5 amide bonds. The highest BCUT2D eigenvalue weighted by molar-refractivity contribution is 5.97. The standard InChI is InChI=1S/C33H55N9O10/c1-7-33(6,52-30(47)20-51-19-29(46)34-14-23-15-37-41-40-23)31(48)24(12-21(2)3)38-27(44)17-36-32(49)25(13-22(4)5)39-26(43)16-35-28(45)18-42-8-10-50-11-9-42/h15,21-22,24-25H,7-14,16-20H2,1-6H3,(H,34,46)(H,35,45)(H,36,49)(H,38,44)(H,39,43)(H,37,40,41)/t24-,25-,33+/m0/s1. The molecule has 3 atom stereocenters. The molecule has 0 spiro atoms. The van der Waals surface area contributed by atoms with E-state index in [2.05, 4.69) is 42.0 Å². The van der Waals surface area contributed by atoms with Crippen LogP contribution in [0.2, 0.25) is 0 Å². The van der Waals surface area contributed by atoms with Crippen LogP contribution in [0, 0.1) is 11.8 Å². The molecule has 0 aliphatic carbocycles. The van der Waals surface area contributed by atoms with E-state index in [1.54, 1.807) is 6.92 Å². The first kappa shape index (κ1) is 43.7. The summed E-state index contributed by atoms with van der Waals surface area (Å²) in [5.74, 6) is -4.12. The quantitative estimate of drug-likeness (QED) is 0.0690. The number of ketones is 1. The Kier molecular flexibility index (Phi) is 18.9. The van der Waals surface area contributed by atoms with Crippen LogP contribution in [0.5, 0.6) is 0 Å². The zero-order chi connectivity index (χ0) is 38.7. The van der Waals surface area contributed by atoms with E-state index in [9.17, 15) is 33.6 Å². The summed E-state index contributed by atoms with van der Waals surface area (Å²) in [7, 11) is 0. The number of rotatable bonds is 23. The fraction of sp³-hybridized carbons (Fsp3) is 0.727. The number of aromatic amines is 1. The minimum Gasteiger partial charge on any atom is -0.450 e. The average molecular weight is 738 g/mol. The Hall–Kier alpha value is -4.49. The predicted octanol–water partition coefficient (Wildman–Crippen LogP) is -1.66. The molecular weight excluding hydrogens is 682 g/mol. The van der Waals surface area contributed by atoms with Crippen LogP contribution in [0.25, 0.3) is 0 Å². The van der Waals surface area contributed by atoms with Gasteiger partial charge in [0, 0.05) is 19.3 Å². The van der Waals surface area contributed by atoms with Crippen LogP contribution < -0.4 is 26.6 Å². The van der Waals surface area contributed by atoms with Gasteiger partial charge in [-0.15, -0.1) is 5.10 Å². The van der Waals surface area contributed by atoms with Gasteiger partial charge < -0.3 is 40.8 Å². The zero-order valence-corrected chi connectivity index (χ0v) is 31.0. The Labute approximate surface area is 303 Å². The van der Waals surface area contributed by atoms with E-state index >= 15 is 0 Å². The van der Waals surface area contributed by atoms with Gasteiger partial charge in [0.15, 0.2) is 11.4 Å². The first-order valence-electron chi connectivity index (χ1n) is 17.5. The molecular formula is C33H55N9O10. The molecule has 6 N–H and O–H groups in total. The first-order valence-corrected chi connectivity index (χ1v) is 17.5. The van der Waals surface area contributed by atoms with E-state index in [0.29, 0.717) is 32.0 Å². The van der Waals surface area contributed by atoms with Crippen LogP contribution in [-0.2, 0) is 54.3 Å². The number of carbonyl (C=O) groups is 7. The van der Waals surface area contributed by atoms with E-state index in [-0.39, 0.29) is 56.6 Å². The highest BCUT2D eigenvalue weighted by Crippen LogP contribution is 2.22. The normalized spacial score (nSPS) is 15.5. The molecule has 292 valence electrons. The van der Waals surface area contributed by atoms with Crippen LogP contribution >= 0.6 is 0 Å². The maximum atomic E-state index is 13.7. The molecule has 2 rings (SSSR count). The second-order valence-electron chi connectivity index (χ2n) is 13.5. The van der Waals surface area contributed by atoms with Crippen molar-refractivity contribution in [2.45, 2.75) is 85.0 Å². The average Bonchev–Trinajstić information content (AvgIpc) is 3.62. The van der Waals surface area contributed by atoms with Crippen LogP contribution in [0.15, 0.2) is 6.20 Å². The Balaban J connectivity index is 1.89. The van der Waals surface area contributed by atoms with Gasteiger partial charge in [-0.3, -0.25) is 38.8 Å². The van der Waals surface area contributed by atoms with Crippen LogP contribution in [0.1, 0.15) is 66.5 Å². The summed E-state index contributed by atoms with van der Waals surface area (Å²) >= 11 is 0. The third-order valence-corrected chi connectivity index (χ3v) is 7.98. The van der Waals surface area contributed by atoms with Gasteiger partial charge in [-0.2, -0.15) is 0 Å². The second kappa shape index (κ2) is 22.4. The molecule has 1 saturated heterocycles. The summed E-state index contributed by atoms with van der Waals surface area (Å²) in [5, 5.41) is 22.7. The number of nitrogens with zero attached hydrogens (tertiary/aromatic N) is 3.